The van der Waals surface area contributed by atoms with Crippen molar-refractivity contribution in [2.24, 2.45) is 0 Å². The molecule has 2 aromatic rings. The third kappa shape index (κ3) is 7.95. The second-order valence-electron chi connectivity index (χ2n) is 6.77. The molecule has 3 nitrogen and oxygen atoms in total. The predicted molar refractivity (Wildman–Crippen MR) is 112 cm³/mol. The van der Waals surface area contributed by atoms with Crippen molar-refractivity contribution in [2.45, 2.75) is 28.8 Å². The van der Waals surface area contributed by atoms with Crippen molar-refractivity contribution in [3.63, 3.8) is 0 Å². The van der Waals surface area contributed by atoms with E-state index in [9.17, 15) is 18.0 Å². The molecule has 0 spiro atoms. The van der Waals surface area contributed by atoms with Crippen LogP contribution in [-0.4, -0.2) is 38.0 Å². The number of halogens is 3. The second kappa shape index (κ2) is 11.1. The minimum absolute atomic E-state index is 0.131. The third-order valence-electron chi connectivity index (χ3n) is 4.08. The van der Waals surface area contributed by atoms with Gasteiger partial charge in [0.1, 0.15) is 0 Å². The average molecular weight is 423 g/mol. The van der Waals surface area contributed by atoms with E-state index >= 15 is 0 Å². The maximum Gasteiger partial charge on any atom is 0.417 e. The molecule has 7 heteroatoms. The molecule has 1 amide bonds. The zero-order valence-corrected chi connectivity index (χ0v) is 17.3. The topological polar surface area (TPSA) is 32.3 Å². The fraction of sp³-hybridized carbons (Fsp3) is 0.318. The summed E-state index contributed by atoms with van der Waals surface area (Å²) in [6.45, 7) is 1.56. The summed E-state index contributed by atoms with van der Waals surface area (Å²) in [7, 11) is 4.01. The van der Waals surface area contributed by atoms with Crippen molar-refractivity contribution in [3.8, 4) is 0 Å². The molecule has 2 aromatic carbocycles. The fourth-order valence-corrected chi connectivity index (χ4v) is 3.69. The number of carbonyl (C=O) groups excluding carboxylic acids is 1. The van der Waals surface area contributed by atoms with Crippen LogP contribution in [0.1, 0.15) is 24.0 Å². The third-order valence-corrected chi connectivity index (χ3v) is 5.24. The highest BCUT2D eigenvalue weighted by Gasteiger charge is 2.33. The SMILES string of the molecule is CN(C)CCCCNC(=O)/C=C/c1ccccc1Sc1ccccc1C(F)(F)F. The van der Waals surface area contributed by atoms with Crippen LogP contribution in [0.15, 0.2) is 64.4 Å². The Morgan fingerprint density at radius 1 is 1.03 bits per heavy atom. The van der Waals surface area contributed by atoms with Gasteiger partial charge in [0.2, 0.25) is 5.91 Å². The van der Waals surface area contributed by atoms with Gasteiger partial charge in [-0.1, -0.05) is 42.1 Å². The summed E-state index contributed by atoms with van der Waals surface area (Å²) in [4.78, 5) is 14.9. The Labute approximate surface area is 174 Å². The number of unbranched alkanes of at least 4 members (excludes halogenated alkanes) is 1. The lowest BCUT2D eigenvalue weighted by Crippen LogP contribution is -2.23. The molecule has 1 N–H and O–H groups in total. The molecule has 0 saturated carbocycles. The Bertz CT molecular complexity index is 835. The quantitative estimate of drug-likeness (QED) is 0.438. The summed E-state index contributed by atoms with van der Waals surface area (Å²) in [5.74, 6) is -0.217. The van der Waals surface area contributed by atoms with Crippen molar-refractivity contribution in [1.29, 1.82) is 0 Å². The first-order chi connectivity index (χ1) is 13.8. The maximum atomic E-state index is 13.2. The number of hydrogen-bond acceptors (Lipinski definition) is 3. The number of hydrogen-bond donors (Lipinski definition) is 1. The zero-order chi connectivity index (χ0) is 21.3. The molecular weight excluding hydrogens is 397 g/mol. The van der Waals surface area contributed by atoms with Crippen molar-refractivity contribution in [1.82, 2.24) is 10.2 Å². The largest absolute Gasteiger partial charge is 0.417 e. The number of benzene rings is 2. The first kappa shape index (κ1) is 23.0. The highest BCUT2D eigenvalue weighted by molar-refractivity contribution is 7.99. The maximum absolute atomic E-state index is 13.2. The van der Waals surface area contributed by atoms with Gasteiger partial charge in [0.25, 0.3) is 0 Å². The molecule has 2 rings (SSSR count). The number of alkyl halides is 3. The number of carbonyl (C=O) groups is 1. The van der Waals surface area contributed by atoms with Gasteiger partial charge >= 0.3 is 6.18 Å². The lowest BCUT2D eigenvalue weighted by atomic mass is 10.2. The van der Waals surface area contributed by atoms with Gasteiger partial charge in [-0.15, -0.1) is 0 Å². The van der Waals surface area contributed by atoms with E-state index in [-0.39, 0.29) is 10.8 Å². The van der Waals surface area contributed by atoms with E-state index in [0.29, 0.717) is 17.0 Å². The van der Waals surface area contributed by atoms with Crippen LogP contribution in [0, 0.1) is 0 Å². The molecule has 156 valence electrons. The molecule has 0 heterocycles. The molecule has 0 aliphatic heterocycles. The zero-order valence-electron chi connectivity index (χ0n) is 16.5. The Kier molecular flexibility index (Phi) is 8.79. The second-order valence-corrected chi connectivity index (χ2v) is 7.85. The molecular formula is C22H25F3N2OS. The van der Waals surface area contributed by atoms with Crippen molar-refractivity contribution in [3.05, 3.63) is 65.7 Å². The summed E-state index contributed by atoms with van der Waals surface area (Å²) in [5, 5.41) is 2.82. The number of nitrogens with zero attached hydrogens (tertiary/aromatic N) is 1. The Hall–Kier alpha value is -2.25. The molecule has 29 heavy (non-hydrogen) atoms. The highest BCUT2D eigenvalue weighted by atomic mass is 32.2. The Morgan fingerprint density at radius 2 is 1.69 bits per heavy atom. The summed E-state index contributed by atoms with van der Waals surface area (Å²) < 4.78 is 39.7. The Morgan fingerprint density at radius 3 is 2.38 bits per heavy atom. The van der Waals surface area contributed by atoms with Gasteiger partial charge in [-0.2, -0.15) is 13.2 Å². The van der Waals surface area contributed by atoms with E-state index in [2.05, 4.69) is 10.2 Å². The molecule has 0 aliphatic rings. The minimum Gasteiger partial charge on any atom is -0.353 e. The van der Waals surface area contributed by atoms with E-state index < -0.39 is 11.7 Å². The molecule has 0 fully saturated rings. The van der Waals surface area contributed by atoms with Crippen LogP contribution in [0.4, 0.5) is 13.2 Å². The van der Waals surface area contributed by atoms with Gasteiger partial charge in [-0.3, -0.25) is 4.79 Å². The van der Waals surface area contributed by atoms with Crippen LogP contribution < -0.4 is 5.32 Å². The molecule has 0 radical (unpaired) electrons. The van der Waals surface area contributed by atoms with E-state index in [1.807, 2.05) is 14.1 Å². The normalized spacial score (nSPS) is 11.9. The molecule has 0 aromatic heterocycles. The summed E-state index contributed by atoms with van der Waals surface area (Å²) in [5.41, 5.74) is 0.0245. The van der Waals surface area contributed by atoms with Crippen LogP contribution in [0.5, 0.6) is 0 Å². The Balaban J connectivity index is 2.03. The van der Waals surface area contributed by atoms with Gasteiger partial charge in [0.05, 0.1) is 5.56 Å². The van der Waals surface area contributed by atoms with Crippen LogP contribution in [0.2, 0.25) is 0 Å². The van der Waals surface area contributed by atoms with Crippen molar-refractivity contribution < 1.29 is 18.0 Å². The summed E-state index contributed by atoms with van der Waals surface area (Å²) in [6, 6.07) is 12.6. The smallest absolute Gasteiger partial charge is 0.353 e. The van der Waals surface area contributed by atoms with Gasteiger partial charge in [-0.25, -0.2) is 0 Å². The first-order valence-corrected chi connectivity index (χ1v) is 10.1. The van der Waals surface area contributed by atoms with Crippen LogP contribution in [-0.2, 0) is 11.0 Å². The van der Waals surface area contributed by atoms with E-state index in [1.54, 1.807) is 36.4 Å². The van der Waals surface area contributed by atoms with E-state index in [1.165, 1.54) is 18.2 Å². The highest BCUT2D eigenvalue weighted by Crippen LogP contribution is 2.40. The number of nitrogens with one attached hydrogen (secondary N) is 1. The summed E-state index contributed by atoms with van der Waals surface area (Å²) in [6.07, 6.45) is 0.517. The molecule has 0 atom stereocenters. The molecule has 0 bridgehead atoms. The predicted octanol–water partition coefficient (Wildman–Crippen LogP) is 5.33. The minimum atomic E-state index is -4.42. The first-order valence-electron chi connectivity index (χ1n) is 9.31. The van der Waals surface area contributed by atoms with Gasteiger partial charge in [-0.05, 0) is 63.3 Å². The standard InChI is InChI=1S/C22H25F3N2OS/c1-27(2)16-8-7-15-26-21(28)14-13-17-9-3-5-11-19(17)29-20-12-6-4-10-18(20)22(23,24)25/h3-6,9-14H,7-8,15-16H2,1-2H3,(H,26,28)/b14-13+. The van der Waals surface area contributed by atoms with Gasteiger partial charge in [0, 0.05) is 22.4 Å². The summed E-state index contributed by atoms with van der Waals surface area (Å²) >= 11 is 1.04. The van der Waals surface area contributed by atoms with E-state index in [0.717, 1.165) is 37.2 Å². The van der Waals surface area contributed by atoms with Crippen LogP contribution >= 0.6 is 11.8 Å². The molecule has 0 aliphatic carbocycles. The number of rotatable bonds is 9. The van der Waals surface area contributed by atoms with E-state index in [4.69, 9.17) is 0 Å². The van der Waals surface area contributed by atoms with Crippen LogP contribution in [0.25, 0.3) is 6.08 Å². The van der Waals surface area contributed by atoms with Gasteiger partial charge in [0.15, 0.2) is 0 Å². The van der Waals surface area contributed by atoms with Crippen molar-refractivity contribution in [2.75, 3.05) is 27.2 Å². The lowest BCUT2D eigenvalue weighted by Gasteiger charge is -2.13. The van der Waals surface area contributed by atoms with Gasteiger partial charge < -0.3 is 10.2 Å². The number of amides is 1. The lowest BCUT2D eigenvalue weighted by molar-refractivity contribution is -0.139. The average Bonchev–Trinajstić information content (AvgIpc) is 2.66. The molecule has 0 saturated heterocycles. The monoisotopic (exact) mass is 422 g/mol. The molecule has 0 unspecified atom stereocenters. The van der Waals surface area contributed by atoms with Crippen LogP contribution in [0.3, 0.4) is 0 Å². The van der Waals surface area contributed by atoms with Crippen molar-refractivity contribution >= 4 is 23.7 Å². The fourth-order valence-electron chi connectivity index (χ4n) is 2.61.